The summed E-state index contributed by atoms with van der Waals surface area (Å²) in [6.07, 6.45) is -0.753. The third-order valence-electron chi connectivity index (χ3n) is 5.06. The molecule has 4 aromatic rings. The van der Waals surface area contributed by atoms with Crippen LogP contribution in [0.1, 0.15) is 41.5 Å². The number of pyridine rings is 1. The first-order valence-corrected chi connectivity index (χ1v) is 10.4. The summed E-state index contributed by atoms with van der Waals surface area (Å²) in [4.78, 5) is 24.2. The van der Waals surface area contributed by atoms with Crippen molar-refractivity contribution in [3.63, 3.8) is 0 Å². The number of rotatable bonds is 6. The van der Waals surface area contributed by atoms with Crippen molar-refractivity contribution in [1.29, 1.82) is 0 Å². The second-order valence-electron chi connectivity index (χ2n) is 7.56. The number of benzene rings is 1. The van der Waals surface area contributed by atoms with Crippen LogP contribution in [-0.2, 0) is 12.7 Å². The van der Waals surface area contributed by atoms with Gasteiger partial charge in [0.1, 0.15) is 17.0 Å². The van der Waals surface area contributed by atoms with Crippen LogP contribution in [0.3, 0.4) is 0 Å². The van der Waals surface area contributed by atoms with Crippen molar-refractivity contribution in [2.24, 2.45) is 0 Å². The number of fused-ring (bicyclic) bond motifs is 1. The van der Waals surface area contributed by atoms with Gasteiger partial charge in [0.15, 0.2) is 11.6 Å². The molecule has 0 spiro atoms. The number of nitrogens with one attached hydrogen (secondary N) is 2. The Morgan fingerprint density at radius 1 is 1.14 bits per heavy atom. The van der Waals surface area contributed by atoms with Crippen LogP contribution in [-0.4, -0.2) is 30.6 Å². The molecule has 0 bridgehead atoms. The van der Waals surface area contributed by atoms with Crippen LogP contribution >= 0.6 is 0 Å². The second-order valence-corrected chi connectivity index (χ2v) is 7.56. The van der Waals surface area contributed by atoms with E-state index in [0.29, 0.717) is 23.8 Å². The minimum absolute atomic E-state index is 0.0966. The highest BCUT2D eigenvalue weighted by molar-refractivity contribution is 6.04. The Labute approximate surface area is 195 Å². The average molecular weight is 491 g/mol. The number of nitrogens with zero attached hydrogens (tertiary/aromatic N) is 5. The zero-order valence-electron chi connectivity index (χ0n) is 18.4. The van der Waals surface area contributed by atoms with E-state index >= 15 is 0 Å². The van der Waals surface area contributed by atoms with Crippen LogP contribution < -0.4 is 10.6 Å². The first kappa shape index (κ1) is 24.0. The normalized spacial score (nSPS) is 12.5. The Hall–Kier alpha value is -4.16. The van der Waals surface area contributed by atoms with E-state index in [1.807, 2.05) is 6.92 Å². The molecular formula is C22H18F5N7O. The zero-order valence-corrected chi connectivity index (χ0v) is 18.4. The Balaban J connectivity index is 1.53. The molecule has 0 radical (unpaired) electrons. The van der Waals surface area contributed by atoms with Crippen LogP contribution in [0.15, 0.2) is 42.9 Å². The Morgan fingerprint density at radius 3 is 2.57 bits per heavy atom. The topological polar surface area (TPSA) is 97.6 Å². The van der Waals surface area contributed by atoms with Crippen molar-refractivity contribution in [1.82, 2.24) is 24.7 Å². The highest BCUT2D eigenvalue weighted by atomic mass is 19.4. The van der Waals surface area contributed by atoms with Gasteiger partial charge in [-0.2, -0.15) is 18.3 Å². The SMILES string of the molecule is CCn1cc2ncc(N[C@@H](C)c3cc(NC(=O)c4ccc(C(F)(F)F)nc4)cc(F)c3F)nc2n1. The van der Waals surface area contributed by atoms with E-state index in [0.717, 1.165) is 18.3 Å². The van der Waals surface area contributed by atoms with Crippen molar-refractivity contribution in [3.05, 3.63) is 71.3 Å². The van der Waals surface area contributed by atoms with Gasteiger partial charge < -0.3 is 10.6 Å². The monoisotopic (exact) mass is 491 g/mol. The van der Waals surface area contributed by atoms with Crippen LogP contribution in [0.5, 0.6) is 0 Å². The Kier molecular flexibility index (Phi) is 6.33. The number of halogens is 5. The molecule has 2 N–H and O–H groups in total. The average Bonchev–Trinajstić information content (AvgIpc) is 3.23. The number of alkyl halides is 3. The molecule has 35 heavy (non-hydrogen) atoms. The van der Waals surface area contributed by atoms with Crippen LogP contribution in [0.4, 0.5) is 33.5 Å². The van der Waals surface area contributed by atoms with Gasteiger partial charge in [-0.3, -0.25) is 14.5 Å². The standard InChI is InChI=1S/C22H18F5N7O/c1-3-34-10-16-20(33-34)32-18(9-28-16)30-11(2)14-6-13(7-15(23)19(14)24)31-21(35)12-4-5-17(29-8-12)22(25,26)27/h4-11H,3H2,1-2H3,(H,31,35)(H,30,32,33)/t11-/m0/s1. The number of amides is 1. The number of hydrogen-bond donors (Lipinski definition) is 2. The fraction of sp³-hybridized carbons (Fsp3) is 0.227. The Bertz CT molecular complexity index is 1390. The maximum atomic E-state index is 14.6. The molecule has 0 aliphatic rings. The smallest absolute Gasteiger partial charge is 0.362 e. The molecule has 1 atom stereocenters. The predicted molar refractivity (Wildman–Crippen MR) is 117 cm³/mol. The van der Waals surface area contributed by atoms with Gasteiger partial charge >= 0.3 is 6.18 Å². The van der Waals surface area contributed by atoms with E-state index in [1.165, 1.54) is 12.3 Å². The fourth-order valence-electron chi connectivity index (χ4n) is 3.27. The first-order valence-electron chi connectivity index (χ1n) is 10.4. The molecule has 8 nitrogen and oxygen atoms in total. The maximum Gasteiger partial charge on any atom is 0.433 e. The van der Waals surface area contributed by atoms with E-state index in [4.69, 9.17) is 0 Å². The highest BCUT2D eigenvalue weighted by Crippen LogP contribution is 2.28. The molecule has 0 aliphatic heterocycles. The lowest BCUT2D eigenvalue weighted by molar-refractivity contribution is -0.141. The molecule has 0 saturated carbocycles. The molecule has 0 saturated heterocycles. The van der Waals surface area contributed by atoms with Gasteiger partial charge in [0, 0.05) is 30.1 Å². The van der Waals surface area contributed by atoms with Gasteiger partial charge in [-0.05, 0) is 32.0 Å². The quantitative estimate of drug-likeness (QED) is 0.370. The van der Waals surface area contributed by atoms with Crippen LogP contribution in [0, 0.1) is 11.6 Å². The molecule has 1 aromatic carbocycles. The summed E-state index contributed by atoms with van der Waals surface area (Å²) in [6, 6.07) is 2.77. The molecule has 182 valence electrons. The molecule has 0 fully saturated rings. The lowest BCUT2D eigenvalue weighted by Gasteiger charge is -2.17. The predicted octanol–water partition coefficient (Wildman–Crippen LogP) is 4.96. The maximum absolute atomic E-state index is 14.6. The number of carbonyl (C=O) groups is 1. The van der Waals surface area contributed by atoms with Gasteiger partial charge in [-0.1, -0.05) is 0 Å². The second kappa shape index (κ2) is 9.24. The van der Waals surface area contributed by atoms with Crippen LogP contribution in [0.2, 0.25) is 0 Å². The highest BCUT2D eigenvalue weighted by Gasteiger charge is 2.32. The minimum atomic E-state index is -4.65. The van der Waals surface area contributed by atoms with Crippen molar-refractivity contribution >= 4 is 28.6 Å². The molecular weight excluding hydrogens is 473 g/mol. The lowest BCUT2D eigenvalue weighted by Crippen LogP contribution is -2.16. The molecule has 3 heterocycles. The van der Waals surface area contributed by atoms with Crippen molar-refractivity contribution in [3.8, 4) is 0 Å². The van der Waals surface area contributed by atoms with Gasteiger partial charge in [0.2, 0.25) is 5.65 Å². The largest absolute Gasteiger partial charge is 0.433 e. The number of anilines is 2. The molecule has 0 aliphatic carbocycles. The summed E-state index contributed by atoms with van der Waals surface area (Å²) in [5.41, 5.74) is -0.614. The zero-order chi connectivity index (χ0) is 25.3. The van der Waals surface area contributed by atoms with Crippen molar-refractivity contribution in [2.75, 3.05) is 10.6 Å². The number of hydrogen-bond acceptors (Lipinski definition) is 6. The number of aromatic nitrogens is 5. The Morgan fingerprint density at radius 2 is 1.91 bits per heavy atom. The summed E-state index contributed by atoms with van der Waals surface area (Å²) in [7, 11) is 0. The summed E-state index contributed by atoms with van der Waals surface area (Å²) in [5.74, 6) is -2.92. The van der Waals surface area contributed by atoms with Crippen molar-refractivity contribution in [2.45, 2.75) is 32.6 Å². The molecule has 0 unspecified atom stereocenters. The van der Waals surface area contributed by atoms with E-state index < -0.39 is 35.5 Å². The van der Waals surface area contributed by atoms with Gasteiger partial charge in [-0.25, -0.2) is 18.7 Å². The van der Waals surface area contributed by atoms with Crippen molar-refractivity contribution < 1.29 is 26.7 Å². The molecule has 13 heteroatoms. The van der Waals surface area contributed by atoms with Crippen LogP contribution in [0.25, 0.3) is 11.2 Å². The summed E-state index contributed by atoms with van der Waals surface area (Å²) >= 11 is 0. The summed E-state index contributed by atoms with van der Waals surface area (Å²) < 4.78 is 68.5. The van der Waals surface area contributed by atoms with E-state index in [1.54, 1.807) is 17.8 Å². The fourth-order valence-corrected chi connectivity index (χ4v) is 3.27. The van der Waals surface area contributed by atoms with Gasteiger partial charge in [0.25, 0.3) is 5.91 Å². The van der Waals surface area contributed by atoms with E-state index in [9.17, 15) is 26.7 Å². The molecule has 4 rings (SSSR count). The summed E-state index contributed by atoms with van der Waals surface area (Å²) in [5, 5.41) is 9.51. The summed E-state index contributed by atoms with van der Waals surface area (Å²) in [6.45, 7) is 4.09. The molecule has 3 aromatic heterocycles. The number of carbonyl (C=O) groups excluding carboxylic acids is 1. The van der Waals surface area contributed by atoms with E-state index in [-0.39, 0.29) is 22.6 Å². The van der Waals surface area contributed by atoms with Gasteiger partial charge in [-0.15, -0.1) is 0 Å². The van der Waals surface area contributed by atoms with Gasteiger partial charge in [0.05, 0.1) is 24.0 Å². The first-order chi connectivity index (χ1) is 16.5. The van der Waals surface area contributed by atoms with E-state index in [2.05, 4.69) is 30.7 Å². The lowest BCUT2D eigenvalue weighted by atomic mass is 10.1. The third kappa shape index (κ3) is 5.18. The number of aryl methyl sites for hydroxylation is 1. The molecule has 1 amide bonds. The third-order valence-corrected chi connectivity index (χ3v) is 5.06. The minimum Gasteiger partial charge on any atom is -0.362 e.